The predicted molar refractivity (Wildman–Crippen MR) is 101 cm³/mol. The zero-order valence-electron chi connectivity index (χ0n) is 14.4. The molecule has 0 aliphatic carbocycles. The van der Waals surface area contributed by atoms with Gasteiger partial charge in [0, 0.05) is 17.6 Å². The van der Waals surface area contributed by atoms with Crippen LogP contribution in [0.15, 0.2) is 46.9 Å². The second kappa shape index (κ2) is 8.31. The number of nitrogens with zero attached hydrogens (tertiary/aromatic N) is 1. The number of carbonyl (C=O) groups is 1. The number of benzene rings is 2. The van der Waals surface area contributed by atoms with Gasteiger partial charge in [0.05, 0.1) is 36.6 Å². The van der Waals surface area contributed by atoms with Gasteiger partial charge >= 0.3 is 6.18 Å². The molecule has 1 saturated heterocycles. The SMILES string of the molecule is O=C(Cc1ccc(Br)cc1)Nc1cc(C(F)(F)F)ccc1N1CCOCC1. The normalized spacial score (nSPS) is 14.9. The number of amides is 1. The Morgan fingerprint density at radius 3 is 2.41 bits per heavy atom. The molecule has 2 aromatic carbocycles. The third-order valence-electron chi connectivity index (χ3n) is 4.23. The second-order valence-electron chi connectivity index (χ2n) is 6.18. The minimum absolute atomic E-state index is 0.0755. The Balaban J connectivity index is 1.83. The molecule has 27 heavy (non-hydrogen) atoms. The molecule has 0 bridgehead atoms. The number of hydrogen-bond acceptors (Lipinski definition) is 3. The molecule has 1 N–H and O–H groups in total. The van der Waals surface area contributed by atoms with Crippen LogP contribution in [0.3, 0.4) is 0 Å². The molecule has 4 nitrogen and oxygen atoms in total. The Morgan fingerprint density at radius 2 is 1.78 bits per heavy atom. The van der Waals surface area contributed by atoms with E-state index in [2.05, 4.69) is 21.2 Å². The summed E-state index contributed by atoms with van der Waals surface area (Å²) in [5.41, 5.74) is 0.707. The van der Waals surface area contributed by atoms with E-state index in [1.54, 1.807) is 12.1 Å². The fourth-order valence-corrected chi connectivity index (χ4v) is 3.14. The third-order valence-corrected chi connectivity index (χ3v) is 4.76. The largest absolute Gasteiger partial charge is 0.416 e. The van der Waals surface area contributed by atoms with E-state index in [9.17, 15) is 18.0 Å². The number of morpholine rings is 1. The highest BCUT2D eigenvalue weighted by Gasteiger charge is 2.31. The van der Waals surface area contributed by atoms with Crippen molar-refractivity contribution >= 4 is 33.2 Å². The van der Waals surface area contributed by atoms with Gasteiger partial charge in [-0.15, -0.1) is 0 Å². The van der Waals surface area contributed by atoms with Crippen LogP contribution in [0.1, 0.15) is 11.1 Å². The highest BCUT2D eigenvalue weighted by molar-refractivity contribution is 9.10. The highest BCUT2D eigenvalue weighted by atomic mass is 79.9. The van der Waals surface area contributed by atoms with Gasteiger partial charge < -0.3 is 15.0 Å². The van der Waals surface area contributed by atoms with E-state index in [0.29, 0.717) is 32.0 Å². The zero-order valence-corrected chi connectivity index (χ0v) is 15.9. The van der Waals surface area contributed by atoms with E-state index in [-0.39, 0.29) is 18.0 Å². The molecule has 0 spiro atoms. The molecule has 0 unspecified atom stereocenters. The van der Waals surface area contributed by atoms with Gasteiger partial charge in [0.1, 0.15) is 0 Å². The lowest BCUT2D eigenvalue weighted by atomic mass is 10.1. The van der Waals surface area contributed by atoms with Gasteiger partial charge in [0.2, 0.25) is 5.91 Å². The summed E-state index contributed by atoms with van der Waals surface area (Å²) in [5.74, 6) is -0.369. The van der Waals surface area contributed by atoms with Gasteiger partial charge in [0.25, 0.3) is 0 Å². The smallest absolute Gasteiger partial charge is 0.378 e. The van der Waals surface area contributed by atoms with E-state index < -0.39 is 11.7 Å². The molecule has 1 aliphatic rings. The van der Waals surface area contributed by atoms with E-state index in [0.717, 1.165) is 22.2 Å². The predicted octanol–water partition coefficient (Wildman–Crippen LogP) is 4.49. The molecule has 0 atom stereocenters. The summed E-state index contributed by atoms with van der Waals surface area (Å²) >= 11 is 3.32. The molecule has 3 rings (SSSR count). The quantitative estimate of drug-likeness (QED) is 0.758. The van der Waals surface area contributed by atoms with Crippen molar-refractivity contribution in [2.75, 3.05) is 36.5 Å². The Hall–Kier alpha value is -2.06. The molecular weight excluding hydrogens is 425 g/mol. The van der Waals surface area contributed by atoms with Crippen LogP contribution in [0.4, 0.5) is 24.5 Å². The number of ether oxygens (including phenoxy) is 1. The van der Waals surface area contributed by atoms with Crippen molar-refractivity contribution in [2.24, 2.45) is 0 Å². The van der Waals surface area contributed by atoms with Crippen molar-refractivity contribution < 1.29 is 22.7 Å². The fourth-order valence-electron chi connectivity index (χ4n) is 2.87. The van der Waals surface area contributed by atoms with E-state index in [4.69, 9.17) is 4.74 Å². The summed E-state index contributed by atoms with van der Waals surface area (Å²) in [4.78, 5) is 14.3. The lowest BCUT2D eigenvalue weighted by Crippen LogP contribution is -2.37. The van der Waals surface area contributed by atoms with Crippen molar-refractivity contribution in [3.05, 3.63) is 58.1 Å². The number of carbonyl (C=O) groups excluding carboxylic acids is 1. The first-order valence-corrected chi connectivity index (χ1v) is 9.20. The molecule has 144 valence electrons. The summed E-state index contributed by atoms with van der Waals surface area (Å²) in [6.45, 7) is 2.10. The molecule has 0 saturated carbocycles. The summed E-state index contributed by atoms with van der Waals surface area (Å²) in [7, 11) is 0. The lowest BCUT2D eigenvalue weighted by Gasteiger charge is -2.31. The Labute approximate surface area is 163 Å². The summed E-state index contributed by atoms with van der Waals surface area (Å²) in [6, 6.07) is 10.6. The standard InChI is InChI=1S/C19H18BrF3N2O2/c20-15-4-1-13(2-5-15)11-18(26)24-16-12-14(19(21,22)23)3-6-17(16)25-7-9-27-10-8-25/h1-6,12H,7-11H2,(H,24,26). The average molecular weight is 443 g/mol. The highest BCUT2D eigenvalue weighted by Crippen LogP contribution is 2.35. The van der Waals surface area contributed by atoms with Gasteiger partial charge in [-0.05, 0) is 35.9 Å². The molecular formula is C19H18BrF3N2O2. The zero-order chi connectivity index (χ0) is 19.4. The molecule has 8 heteroatoms. The van der Waals surface area contributed by atoms with Gasteiger partial charge in [0.15, 0.2) is 0 Å². The summed E-state index contributed by atoms with van der Waals surface area (Å²) < 4.78 is 45.5. The number of alkyl halides is 3. The van der Waals surface area contributed by atoms with Crippen LogP contribution in [-0.2, 0) is 22.1 Å². The Kier molecular flexibility index (Phi) is 6.06. The van der Waals surface area contributed by atoms with Gasteiger partial charge in [-0.2, -0.15) is 13.2 Å². The first-order chi connectivity index (χ1) is 12.8. The topological polar surface area (TPSA) is 41.6 Å². The molecule has 2 aromatic rings. The first-order valence-electron chi connectivity index (χ1n) is 8.41. The van der Waals surface area contributed by atoms with E-state index in [1.165, 1.54) is 6.07 Å². The number of hydrogen-bond donors (Lipinski definition) is 1. The van der Waals surface area contributed by atoms with Crippen LogP contribution in [0, 0.1) is 0 Å². The van der Waals surface area contributed by atoms with Crippen molar-refractivity contribution in [3.63, 3.8) is 0 Å². The minimum Gasteiger partial charge on any atom is -0.378 e. The van der Waals surface area contributed by atoms with Crippen LogP contribution < -0.4 is 10.2 Å². The molecule has 1 aliphatic heterocycles. The van der Waals surface area contributed by atoms with Crippen molar-refractivity contribution in [1.82, 2.24) is 0 Å². The van der Waals surface area contributed by atoms with Crippen molar-refractivity contribution in [2.45, 2.75) is 12.6 Å². The maximum atomic E-state index is 13.1. The number of rotatable bonds is 4. The van der Waals surface area contributed by atoms with E-state index >= 15 is 0 Å². The monoisotopic (exact) mass is 442 g/mol. The fraction of sp³-hybridized carbons (Fsp3) is 0.316. The van der Waals surface area contributed by atoms with Crippen LogP contribution in [0.5, 0.6) is 0 Å². The van der Waals surface area contributed by atoms with Gasteiger partial charge in [-0.3, -0.25) is 4.79 Å². The van der Waals surface area contributed by atoms with Crippen molar-refractivity contribution in [3.8, 4) is 0 Å². The van der Waals surface area contributed by atoms with Crippen LogP contribution in [-0.4, -0.2) is 32.2 Å². The van der Waals surface area contributed by atoms with Crippen LogP contribution in [0.25, 0.3) is 0 Å². The molecule has 1 amide bonds. The number of nitrogens with one attached hydrogen (secondary N) is 1. The Morgan fingerprint density at radius 1 is 1.11 bits per heavy atom. The molecule has 0 aromatic heterocycles. The molecule has 0 radical (unpaired) electrons. The van der Waals surface area contributed by atoms with Gasteiger partial charge in [-0.1, -0.05) is 28.1 Å². The second-order valence-corrected chi connectivity index (χ2v) is 7.10. The maximum absolute atomic E-state index is 13.1. The third kappa shape index (κ3) is 5.23. The van der Waals surface area contributed by atoms with Crippen LogP contribution >= 0.6 is 15.9 Å². The maximum Gasteiger partial charge on any atom is 0.416 e. The molecule has 1 fully saturated rings. The van der Waals surface area contributed by atoms with Crippen LogP contribution in [0.2, 0.25) is 0 Å². The van der Waals surface area contributed by atoms with Crippen molar-refractivity contribution in [1.29, 1.82) is 0 Å². The minimum atomic E-state index is -4.48. The molecule has 1 heterocycles. The average Bonchev–Trinajstić information content (AvgIpc) is 2.63. The number of halogens is 4. The Bertz CT molecular complexity index is 804. The number of anilines is 2. The summed E-state index contributed by atoms with van der Waals surface area (Å²) in [5, 5.41) is 2.65. The van der Waals surface area contributed by atoms with E-state index in [1.807, 2.05) is 17.0 Å². The first kappa shape index (κ1) is 19.7. The van der Waals surface area contributed by atoms with Gasteiger partial charge in [-0.25, -0.2) is 0 Å². The summed E-state index contributed by atoms with van der Waals surface area (Å²) in [6.07, 6.45) is -4.40. The lowest BCUT2D eigenvalue weighted by molar-refractivity contribution is -0.137.